The van der Waals surface area contributed by atoms with Crippen LogP contribution >= 0.6 is 0 Å². The van der Waals surface area contributed by atoms with Gasteiger partial charge in [-0.15, -0.1) is 0 Å². The number of carbonyl (C=O) groups excluding carboxylic acids is 2. The molecule has 0 saturated carbocycles. The summed E-state index contributed by atoms with van der Waals surface area (Å²) in [6, 6.07) is 0. The maximum absolute atomic E-state index is 12.4. The fraction of sp³-hybridized carbons (Fsp3) is 0.647. The highest BCUT2D eigenvalue weighted by atomic mass is 16.5. The summed E-state index contributed by atoms with van der Waals surface area (Å²) in [5.41, 5.74) is 0.677. The van der Waals surface area contributed by atoms with Gasteiger partial charge in [0.1, 0.15) is 12.3 Å². The lowest BCUT2D eigenvalue weighted by Crippen LogP contribution is -2.50. The molecular weight excluding hydrogens is 308 g/mol. The summed E-state index contributed by atoms with van der Waals surface area (Å²) >= 11 is 0. The van der Waals surface area contributed by atoms with Crippen molar-refractivity contribution in [2.24, 2.45) is 5.41 Å². The van der Waals surface area contributed by atoms with E-state index in [4.69, 9.17) is 4.74 Å². The molecule has 2 saturated heterocycles. The Labute approximate surface area is 142 Å². The zero-order valence-corrected chi connectivity index (χ0v) is 14.1. The van der Waals surface area contributed by atoms with Crippen LogP contribution in [0.15, 0.2) is 18.6 Å². The molecule has 130 valence electrons. The molecule has 0 unspecified atom stereocenters. The quantitative estimate of drug-likeness (QED) is 0.824. The number of likely N-dealkylation sites (tertiary alicyclic amines) is 2. The number of methoxy groups -OCH3 is 1. The van der Waals surface area contributed by atoms with Crippen LogP contribution in [0.25, 0.3) is 0 Å². The van der Waals surface area contributed by atoms with Gasteiger partial charge in [0.2, 0.25) is 5.91 Å². The molecule has 1 aromatic heterocycles. The molecule has 7 nitrogen and oxygen atoms in total. The fourth-order valence-electron chi connectivity index (χ4n) is 3.70. The molecule has 2 fully saturated rings. The minimum absolute atomic E-state index is 0.0364. The van der Waals surface area contributed by atoms with Crippen molar-refractivity contribution in [3.8, 4) is 0 Å². The van der Waals surface area contributed by atoms with Gasteiger partial charge in [-0.2, -0.15) is 0 Å². The van der Waals surface area contributed by atoms with E-state index in [0.29, 0.717) is 5.69 Å². The lowest BCUT2D eigenvalue weighted by Gasteiger charge is -2.46. The number of piperidine rings is 2. The Kier molecular flexibility index (Phi) is 5.08. The summed E-state index contributed by atoms with van der Waals surface area (Å²) in [5, 5.41) is 0. The van der Waals surface area contributed by atoms with Gasteiger partial charge in [-0.1, -0.05) is 0 Å². The van der Waals surface area contributed by atoms with E-state index in [1.807, 2.05) is 9.80 Å². The molecule has 3 heterocycles. The third-order valence-electron chi connectivity index (χ3n) is 5.34. The standard InChI is InChI=1S/C17H24N4O3/c1-24-13-15(22)20-8-2-17(3-9-20)4-10-21(11-5-17)16(23)14-12-18-6-7-19-14/h6-7,12H,2-5,8-11,13H2,1H3. The van der Waals surface area contributed by atoms with Crippen LogP contribution < -0.4 is 0 Å². The zero-order chi connectivity index (χ0) is 17.0. The molecule has 0 aromatic carbocycles. The van der Waals surface area contributed by atoms with E-state index in [9.17, 15) is 9.59 Å². The summed E-state index contributed by atoms with van der Waals surface area (Å²) in [5.74, 6) is 0.0354. The van der Waals surface area contributed by atoms with E-state index in [-0.39, 0.29) is 23.8 Å². The molecule has 3 rings (SSSR count). The van der Waals surface area contributed by atoms with Crippen LogP contribution in [-0.4, -0.2) is 71.5 Å². The van der Waals surface area contributed by atoms with Crippen LogP contribution in [0, 0.1) is 5.41 Å². The van der Waals surface area contributed by atoms with E-state index in [1.54, 1.807) is 19.5 Å². The first-order chi connectivity index (χ1) is 11.6. The molecule has 2 amide bonds. The number of nitrogens with zero attached hydrogens (tertiary/aromatic N) is 4. The Morgan fingerprint density at radius 2 is 1.71 bits per heavy atom. The highest BCUT2D eigenvalue weighted by molar-refractivity contribution is 5.92. The minimum Gasteiger partial charge on any atom is -0.375 e. The van der Waals surface area contributed by atoms with Crippen LogP contribution in [-0.2, 0) is 9.53 Å². The molecule has 0 aliphatic carbocycles. The number of rotatable bonds is 3. The fourth-order valence-corrected chi connectivity index (χ4v) is 3.70. The SMILES string of the molecule is COCC(=O)N1CCC2(CC1)CCN(C(=O)c1cnccn1)CC2. The molecule has 1 aromatic rings. The summed E-state index contributed by atoms with van der Waals surface area (Å²) < 4.78 is 4.93. The van der Waals surface area contributed by atoms with Crippen molar-refractivity contribution < 1.29 is 14.3 Å². The minimum atomic E-state index is -0.0364. The van der Waals surface area contributed by atoms with Crippen molar-refractivity contribution >= 4 is 11.8 Å². The van der Waals surface area contributed by atoms with Crippen molar-refractivity contribution in [2.45, 2.75) is 25.7 Å². The zero-order valence-electron chi connectivity index (χ0n) is 14.1. The van der Waals surface area contributed by atoms with Gasteiger partial charge in [0.05, 0.1) is 6.20 Å². The van der Waals surface area contributed by atoms with Gasteiger partial charge in [0.25, 0.3) is 5.91 Å². The second kappa shape index (κ2) is 7.25. The van der Waals surface area contributed by atoms with Gasteiger partial charge in [0, 0.05) is 45.7 Å². The normalized spacial score (nSPS) is 20.2. The molecule has 0 N–H and O–H groups in total. The number of amides is 2. The predicted octanol–water partition coefficient (Wildman–Crippen LogP) is 0.968. The molecule has 0 atom stereocenters. The summed E-state index contributed by atoms with van der Waals surface area (Å²) in [6.07, 6.45) is 8.64. The summed E-state index contributed by atoms with van der Waals surface area (Å²) in [7, 11) is 1.55. The highest BCUT2D eigenvalue weighted by Crippen LogP contribution is 2.41. The summed E-state index contributed by atoms with van der Waals surface area (Å²) in [6.45, 7) is 3.25. The first-order valence-electron chi connectivity index (χ1n) is 8.46. The number of hydrogen-bond acceptors (Lipinski definition) is 5. The average molecular weight is 332 g/mol. The maximum atomic E-state index is 12.4. The number of hydrogen-bond donors (Lipinski definition) is 0. The van der Waals surface area contributed by atoms with Crippen LogP contribution in [0.4, 0.5) is 0 Å². The first kappa shape index (κ1) is 16.8. The van der Waals surface area contributed by atoms with Gasteiger partial charge >= 0.3 is 0 Å². The van der Waals surface area contributed by atoms with E-state index in [2.05, 4.69) is 9.97 Å². The molecule has 1 spiro atoms. The Morgan fingerprint density at radius 3 is 2.25 bits per heavy atom. The Morgan fingerprint density at radius 1 is 1.08 bits per heavy atom. The number of aromatic nitrogens is 2. The predicted molar refractivity (Wildman–Crippen MR) is 87.3 cm³/mol. The van der Waals surface area contributed by atoms with E-state index in [1.165, 1.54) is 6.20 Å². The van der Waals surface area contributed by atoms with Crippen molar-refractivity contribution in [2.75, 3.05) is 39.9 Å². The van der Waals surface area contributed by atoms with E-state index < -0.39 is 0 Å². The van der Waals surface area contributed by atoms with Gasteiger partial charge in [-0.05, 0) is 31.1 Å². The van der Waals surface area contributed by atoms with Crippen molar-refractivity contribution in [3.05, 3.63) is 24.3 Å². The second-order valence-electron chi connectivity index (χ2n) is 6.70. The molecule has 2 aliphatic heterocycles. The maximum Gasteiger partial charge on any atom is 0.274 e. The van der Waals surface area contributed by atoms with Crippen molar-refractivity contribution in [3.63, 3.8) is 0 Å². The van der Waals surface area contributed by atoms with Crippen LogP contribution in [0.2, 0.25) is 0 Å². The topological polar surface area (TPSA) is 75.6 Å². The first-order valence-corrected chi connectivity index (χ1v) is 8.46. The van der Waals surface area contributed by atoms with Crippen LogP contribution in [0.3, 0.4) is 0 Å². The third-order valence-corrected chi connectivity index (χ3v) is 5.34. The molecule has 0 radical (unpaired) electrons. The molecule has 0 bridgehead atoms. The summed E-state index contributed by atoms with van der Waals surface area (Å²) in [4.78, 5) is 36.2. The van der Waals surface area contributed by atoms with E-state index >= 15 is 0 Å². The number of ether oxygens (including phenoxy) is 1. The largest absolute Gasteiger partial charge is 0.375 e. The smallest absolute Gasteiger partial charge is 0.274 e. The molecule has 2 aliphatic rings. The molecule has 24 heavy (non-hydrogen) atoms. The Bertz CT molecular complexity index is 575. The van der Waals surface area contributed by atoms with Gasteiger partial charge in [-0.3, -0.25) is 14.6 Å². The Hall–Kier alpha value is -2.02. The van der Waals surface area contributed by atoms with E-state index in [0.717, 1.165) is 51.9 Å². The molecular formula is C17H24N4O3. The lowest BCUT2D eigenvalue weighted by atomic mass is 9.71. The number of carbonyl (C=O) groups is 2. The average Bonchev–Trinajstić information content (AvgIpc) is 2.63. The lowest BCUT2D eigenvalue weighted by molar-refractivity contribution is -0.137. The highest BCUT2D eigenvalue weighted by Gasteiger charge is 2.39. The van der Waals surface area contributed by atoms with Gasteiger partial charge < -0.3 is 14.5 Å². The third kappa shape index (κ3) is 3.56. The monoisotopic (exact) mass is 332 g/mol. The Balaban J connectivity index is 1.52. The van der Waals surface area contributed by atoms with Crippen LogP contribution in [0.1, 0.15) is 36.2 Å². The van der Waals surface area contributed by atoms with Crippen molar-refractivity contribution in [1.29, 1.82) is 0 Å². The van der Waals surface area contributed by atoms with Gasteiger partial charge in [0.15, 0.2) is 0 Å². The van der Waals surface area contributed by atoms with Crippen molar-refractivity contribution in [1.82, 2.24) is 19.8 Å². The second-order valence-corrected chi connectivity index (χ2v) is 6.70. The molecule has 7 heteroatoms. The van der Waals surface area contributed by atoms with Crippen LogP contribution in [0.5, 0.6) is 0 Å². The van der Waals surface area contributed by atoms with Gasteiger partial charge in [-0.25, -0.2) is 4.98 Å².